The highest BCUT2D eigenvalue weighted by atomic mass is 16.6. The van der Waals surface area contributed by atoms with Gasteiger partial charge >= 0.3 is 11.9 Å². The Bertz CT molecular complexity index is 979. The van der Waals surface area contributed by atoms with E-state index in [1.807, 2.05) is 0 Å². The highest BCUT2D eigenvalue weighted by Crippen LogP contribution is 2.13. The molecule has 51 heavy (non-hydrogen) atoms. The highest BCUT2D eigenvalue weighted by Gasteiger charge is 2.25. The van der Waals surface area contributed by atoms with Crippen LogP contribution in [0.2, 0.25) is 0 Å². The van der Waals surface area contributed by atoms with Gasteiger partial charge in [-0.05, 0) is 51.4 Å². The molecule has 2 unspecified atom stereocenters. The van der Waals surface area contributed by atoms with E-state index in [0.717, 1.165) is 70.6 Å². The van der Waals surface area contributed by atoms with Crippen molar-refractivity contribution in [3.05, 3.63) is 48.6 Å². The number of allylic oxidation sites excluding steroid dienone is 8. The normalized spacial score (nSPS) is 13.5. The standard InChI is InChI=1S/C43H75NO7/c1-6-8-10-12-14-16-18-19-20-21-22-24-25-27-29-31-33-41(45)50-38-39(37-49-36-35-40(43(47)48)44(3,4)5)51-42(46)34-32-30-28-26-23-17-15-13-11-9-7-2/h8,10,14,16,19-20,22,24,39-40H,6-7,9,11-13,15,17-18,21,23,25-38H2,1-5H3/b10-8+,16-14+,20-19+,24-22+. The molecule has 2 atom stereocenters. The number of ether oxygens (including phenoxy) is 3. The van der Waals surface area contributed by atoms with Crippen molar-refractivity contribution >= 4 is 17.9 Å². The number of quaternary nitrogens is 1. The molecule has 0 aromatic carbocycles. The Kier molecular flexibility index (Phi) is 32.6. The van der Waals surface area contributed by atoms with Crippen LogP contribution < -0.4 is 5.11 Å². The zero-order chi connectivity index (χ0) is 37.8. The van der Waals surface area contributed by atoms with Gasteiger partial charge in [-0.3, -0.25) is 9.59 Å². The molecular formula is C43H75NO7. The average Bonchev–Trinajstić information content (AvgIpc) is 3.08. The highest BCUT2D eigenvalue weighted by molar-refractivity contribution is 5.70. The Morgan fingerprint density at radius 3 is 1.63 bits per heavy atom. The molecule has 0 aliphatic rings. The molecule has 0 aromatic heterocycles. The molecule has 0 fully saturated rings. The van der Waals surface area contributed by atoms with Crippen molar-refractivity contribution in [2.75, 3.05) is 41.0 Å². The summed E-state index contributed by atoms with van der Waals surface area (Å²) >= 11 is 0. The van der Waals surface area contributed by atoms with E-state index in [2.05, 4.69) is 62.5 Å². The van der Waals surface area contributed by atoms with Gasteiger partial charge in [-0.15, -0.1) is 0 Å². The maximum absolute atomic E-state index is 12.6. The zero-order valence-corrected chi connectivity index (χ0v) is 33.3. The molecule has 0 aliphatic heterocycles. The summed E-state index contributed by atoms with van der Waals surface area (Å²) in [5.41, 5.74) is 0. The molecule has 0 amide bonds. The van der Waals surface area contributed by atoms with Gasteiger partial charge in [-0.25, -0.2) is 0 Å². The van der Waals surface area contributed by atoms with Gasteiger partial charge in [-0.2, -0.15) is 0 Å². The van der Waals surface area contributed by atoms with Gasteiger partial charge < -0.3 is 28.6 Å². The van der Waals surface area contributed by atoms with E-state index < -0.39 is 18.1 Å². The smallest absolute Gasteiger partial charge is 0.306 e. The summed E-state index contributed by atoms with van der Waals surface area (Å²) in [7, 11) is 5.39. The van der Waals surface area contributed by atoms with Crippen molar-refractivity contribution in [2.24, 2.45) is 0 Å². The van der Waals surface area contributed by atoms with Crippen LogP contribution in [-0.2, 0) is 28.6 Å². The van der Waals surface area contributed by atoms with Gasteiger partial charge in [-0.1, -0.05) is 133 Å². The number of esters is 2. The molecule has 8 heteroatoms. The van der Waals surface area contributed by atoms with Crippen molar-refractivity contribution in [3.8, 4) is 0 Å². The summed E-state index contributed by atoms with van der Waals surface area (Å²) in [6, 6.07) is -0.729. The molecule has 0 aliphatic carbocycles. The average molecular weight is 718 g/mol. The third kappa shape index (κ3) is 32.9. The number of unbranched alkanes of at least 4 members (excludes halogenated alkanes) is 13. The molecule has 0 heterocycles. The lowest BCUT2D eigenvalue weighted by Crippen LogP contribution is -2.55. The van der Waals surface area contributed by atoms with E-state index in [4.69, 9.17) is 14.2 Å². The summed E-state index contributed by atoms with van der Waals surface area (Å²) in [6.07, 6.45) is 38.5. The number of carbonyl (C=O) groups excluding carboxylic acids is 3. The van der Waals surface area contributed by atoms with Gasteiger partial charge in [0.15, 0.2) is 6.10 Å². The van der Waals surface area contributed by atoms with Gasteiger partial charge in [0.2, 0.25) is 0 Å². The summed E-state index contributed by atoms with van der Waals surface area (Å²) < 4.78 is 17.1. The van der Waals surface area contributed by atoms with Crippen LogP contribution in [0.15, 0.2) is 48.6 Å². The maximum atomic E-state index is 12.6. The Hall–Kier alpha value is -2.71. The Morgan fingerprint density at radius 2 is 1.10 bits per heavy atom. The first-order valence-corrected chi connectivity index (χ1v) is 20.2. The number of likely N-dealkylation sites (N-methyl/N-ethyl adjacent to an activating group) is 1. The van der Waals surface area contributed by atoms with Gasteiger partial charge in [0, 0.05) is 19.3 Å². The van der Waals surface area contributed by atoms with E-state index in [1.54, 1.807) is 21.1 Å². The Morgan fingerprint density at radius 1 is 0.608 bits per heavy atom. The van der Waals surface area contributed by atoms with Crippen LogP contribution in [0.3, 0.4) is 0 Å². The largest absolute Gasteiger partial charge is 0.544 e. The van der Waals surface area contributed by atoms with Crippen LogP contribution in [0.4, 0.5) is 0 Å². The number of hydrogen-bond donors (Lipinski definition) is 0. The van der Waals surface area contributed by atoms with Crippen LogP contribution >= 0.6 is 0 Å². The van der Waals surface area contributed by atoms with Crippen molar-refractivity contribution < 1.29 is 38.2 Å². The molecule has 0 bridgehead atoms. The summed E-state index contributed by atoms with van der Waals surface area (Å²) in [5, 5.41) is 11.6. The second-order valence-electron chi connectivity index (χ2n) is 14.5. The number of nitrogens with zero attached hydrogens (tertiary/aromatic N) is 1. The number of carbonyl (C=O) groups is 3. The Balaban J connectivity index is 4.44. The van der Waals surface area contributed by atoms with Gasteiger partial charge in [0.25, 0.3) is 0 Å². The van der Waals surface area contributed by atoms with Crippen LogP contribution in [0.5, 0.6) is 0 Å². The summed E-state index contributed by atoms with van der Waals surface area (Å²) in [5.74, 6) is -1.78. The van der Waals surface area contributed by atoms with E-state index in [1.165, 1.54) is 51.4 Å². The van der Waals surface area contributed by atoms with E-state index in [-0.39, 0.29) is 42.7 Å². The molecule has 0 spiro atoms. The van der Waals surface area contributed by atoms with Crippen molar-refractivity contribution in [1.82, 2.24) is 0 Å². The van der Waals surface area contributed by atoms with Crippen molar-refractivity contribution in [1.29, 1.82) is 0 Å². The lowest BCUT2D eigenvalue weighted by Gasteiger charge is -2.34. The van der Waals surface area contributed by atoms with Crippen LogP contribution in [0.25, 0.3) is 0 Å². The lowest BCUT2D eigenvalue weighted by atomic mass is 10.1. The molecule has 8 nitrogen and oxygen atoms in total. The first-order valence-electron chi connectivity index (χ1n) is 20.2. The van der Waals surface area contributed by atoms with Crippen LogP contribution in [-0.4, -0.2) is 75.5 Å². The predicted octanol–water partition coefficient (Wildman–Crippen LogP) is 9.13. The predicted molar refractivity (Wildman–Crippen MR) is 208 cm³/mol. The fraction of sp³-hybridized carbons (Fsp3) is 0.744. The third-order valence-electron chi connectivity index (χ3n) is 8.73. The summed E-state index contributed by atoms with van der Waals surface area (Å²) in [6.45, 7) is 4.49. The van der Waals surface area contributed by atoms with E-state index in [0.29, 0.717) is 12.8 Å². The van der Waals surface area contributed by atoms with Crippen LogP contribution in [0, 0.1) is 0 Å². The minimum Gasteiger partial charge on any atom is -0.544 e. The number of hydrogen-bond acceptors (Lipinski definition) is 7. The quantitative estimate of drug-likeness (QED) is 0.0279. The lowest BCUT2D eigenvalue weighted by molar-refractivity contribution is -0.889. The number of carboxylic acid groups (broad SMARTS) is 1. The molecule has 0 rings (SSSR count). The van der Waals surface area contributed by atoms with Gasteiger partial charge in [0.05, 0.1) is 40.3 Å². The molecule has 294 valence electrons. The van der Waals surface area contributed by atoms with Crippen LogP contribution in [0.1, 0.15) is 155 Å². The second-order valence-corrected chi connectivity index (χ2v) is 14.5. The van der Waals surface area contributed by atoms with E-state index in [9.17, 15) is 19.5 Å². The summed E-state index contributed by atoms with van der Waals surface area (Å²) in [4.78, 5) is 36.7. The third-order valence-corrected chi connectivity index (χ3v) is 8.73. The molecular weight excluding hydrogens is 642 g/mol. The number of carboxylic acids is 1. The zero-order valence-electron chi connectivity index (χ0n) is 33.3. The molecule has 0 saturated heterocycles. The fourth-order valence-electron chi connectivity index (χ4n) is 5.59. The van der Waals surface area contributed by atoms with Gasteiger partial charge in [0.1, 0.15) is 12.6 Å². The first kappa shape index (κ1) is 48.3. The topological polar surface area (TPSA) is 102 Å². The monoisotopic (exact) mass is 718 g/mol. The molecule has 0 radical (unpaired) electrons. The molecule has 0 saturated carbocycles. The second kappa shape index (κ2) is 34.4. The minimum atomic E-state index is -1.13. The first-order chi connectivity index (χ1) is 24.6. The van der Waals surface area contributed by atoms with E-state index >= 15 is 0 Å². The number of aliphatic carboxylic acids is 1. The maximum Gasteiger partial charge on any atom is 0.306 e. The minimum absolute atomic E-state index is 0.0308. The molecule has 0 aromatic rings. The van der Waals surface area contributed by atoms with Crippen molar-refractivity contribution in [2.45, 2.75) is 167 Å². The Labute approximate surface area is 312 Å². The number of rotatable bonds is 35. The SMILES string of the molecule is CC/C=C/C/C=C/C/C=C/C/C=C/CCCCCC(=O)OCC(COCCC(C(=O)[O-])[N+](C)(C)C)OC(=O)CCCCCCCCCCCCC. The van der Waals surface area contributed by atoms with Crippen molar-refractivity contribution in [3.63, 3.8) is 0 Å². The fourth-order valence-corrected chi connectivity index (χ4v) is 5.59. The molecule has 0 N–H and O–H groups in total.